The maximum Gasteiger partial charge on any atom is 0.253 e. The maximum atomic E-state index is 13.3. The molecule has 0 aromatic heterocycles. The molecule has 3 aromatic rings. The van der Waals surface area contributed by atoms with Gasteiger partial charge in [-0.05, 0) is 73.2 Å². The van der Waals surface area contributed by atoms with Crippen molar-refractivity contribution in [3.8, 4) is 0 Å². The molecule has 0 saturated carbocycles. The van der Waals surface area contributed by atoms with Gasteiger partial charge in [0.15, 0.2) is 0 Å². The van der Waals surface area contributed by atoms with Gasteiger partial charge in [0.05, 0.1) is 0 Å². The minimum absolute atomic E-state index is 0.00113. The molecular formula is C29H31FN2O. The third-order valence-electron chi connectivity index (χ3n) is 7.40. The molecule has 2 atom stereocenters. The second kappa shape index (κ2) is 9.88. The lowest BCUT2D eigenvalue weighted by Gasteiger charge is -2.34. The van der Waals surface area contributed by atoms with Gasteiger partial charge in [-0.2, -0.15) is 0 Å². The smallest absolute Gasteiger partial charge is 0.253 e. The van der Waals surface area contributed by atoms with Crippen LogP contribution in [-0.2, 0) is 0 Å². The van der Waals surface area contributed by atoms with Gasteiger partial charge in [-0.25, -0.2) is 4.39 Å². The molecule has 3 nitrogen and oxygen atoms in total. The molecule has 2 aliphatic heterocycles. The number of halogens is 1. The highest BCUT2D eigenvalue weighted by Crippen LogP contribution is 2.35. The van der Waals surface area contributed by atoms with Gasteiger partial charge in [-0.15, -0.1) is 0 Å². The van der Waals surface area contributed by atoms with Crippen molar-refractivity contribution in [2.75, 3.05) is 32.7 Å². The van der Waals surface area contributed by atoms with E-state index < -0.39 is 0 Å². The van der Waals surface area contributed by atoms with Gasteiger partial charge in [0.1, 0.15) is 5.82 Å². The van der Waals surface area contributed by atoms with E-state index in [9.17, 15) is 9.18 Å². The Morgan fingerprint density at radius 1 is 0.788 bits per heavy atom. The molecule has 0 N–H and O–H groups in total. The van der Waals surface area contributed by atoms with Crippen LogP contribution in [0, 0.1) is 11.7 Å². The number of hydrogen-bond donors (Lipinski definition) is 0. The highest BCUT2D eigenvalue weighted by molar-refractivity contribution is 5.94. The minimum Gasteiger partial charge on any atom is -0.338 e. The Balaban J connectivity index is 1.27. The van der Waals surface area contributed by atoms with Crippen LogP contribution in [0.1, 0.15) is 46.2 Å². The average molecular weight is 443 g/mol. The summed E-state index contributed by atoms with van der Waals surface area (Å²) in [7, 11) is 0. The number of hydrogen-bond acceptors (Lipinski definition) is 2. The van der Waals surface area contributed by atoms with E-state index in [2.05, 4.69) is 59.5 Å². The van der Waals surface area contributed by atoms with E-state index in [1.54, 1.807) is 12.1 Å². The maximum absolute atomic E-state index is 13.3. The predicted molar refractivity (Wildman–Crippen MR) is 130 cm³/mol. The molecule has 0 aliphatic carbocycles. The zero-order valence-corrected chi connectivity index (χ0v) is 18.9. The van der Waals surface area contributed by atoms with Crippen molar-refractivity contribution in [1.29, 1.82) is 0 Å². The van der Waals surface area contributed by atoms with Crippen molar-refractivity contribution in [3.05, 3.63) is 107 Å². The van der Waals surface area contributed by atoms with Crippen molar-refractivity contribution in [1.82, 2.24) is 9.80 Å². The lowest BCUT2D eigenvalue weighted by molar-refractivity contribution is 0.0781. The molecule has 2 fully saturated rings. The molecule has 2 unspecified atom stereocenters. The Bertz CT molecular complexity index is 1050. The SMILES string of the molecule is O=C(c1ccc(F)cc1)N1CC(CN2CCC(c3ccccc3)CC2)C(c2ccccc2)C1. The third kappa shape index (κ3) is 5.01. The number of amides is 1. The molecule has 3 aromatic carbocycles. The van der Waals surface area contributed by atoms with E-state index in [1.807, 2.05) is 11.0 Å². The van der Waals surface area contributed by atoms with Gasteiger partial charge >= 0.3 is 0 Å². The first-order valence-corrected chi connectivity index (χ1v) is 12.0. The molecule has 2 heterocycles. The number of piperidine rings is 1. The third-order valence-corrected chi connectivity index (χ3v) is 7.40. The Morgan fingerprint density at radius 3 is 2.03 bits per heavy atom. The number of rotatable bonds is 5. The molecule has 0 radical (unpaired) electrons. The average Bonchev–Trinajstić information content (AvgIpc) is 3.29. The Kier molecular flexibility index (Phi) is 6.54. The summed E-state index contributed by atoms with van der Waals surface area (Å²) in [6, 6.07) is 27.4. The van der Waals surface area contributed by atoms with Crippen LogP contribution in [0.2, 0.25) is 0 Å². The van der Waals surface area contributed by atoms with Gasteiger partial charge < -0.3 is 9.80 Å². The molecule has 1 amide bonds. The van der Waals surface area contributed by atoms with Crippen LogP contribution in [-0.4, -0.2) is 48.4 Å². The van der Waals surface area contributed by atoms with E-state index in [0.29, 0.717) is 29.9 Å². The normalized spacial score (nSPS) is 21.9. The molecule has 5 rings (SSSR count). The Labute approximate surface area is 195 Å². The summed E-state index contributed by atoms with van der Waals surface area (Å²) >= 11 is 0. The summed E-state index contributed by atoms with van der Waals surface area (Å²) in [4.78, 5) is 17.7. The van der Waals surface area contributed by atoms with E-state index >= 15 is 0 Å². The summed E-state index contributed by atoms with van der Waals surface area (Å²) in [5.74, 6) is 1.05. The molecule has 170 valence electrons. The van der Waals surface area contributed by atoms with Gasteiger partial charge in [0, 0.05) is 31.1 Å². The van der Waals surface area contributed by atoms with Crippen LogP contribution in [0.5, 0.6) is 0 Å². The largest absolute Gasteiger partial charge is 0.338 e. The minimum atomic E-state index is -0.313. The molecule has 4 heteroatoms. The predicted octanol–water partition coefficient (Wildman–Crippen LogP) is 5.56. The second-order valence-electron chi connectivity index (χ2n) is 9.48. The fourth-order valence-corrected chi connectivity index (χ4v) is 5.58. The number of carbonyl (C=O) groups is 1. The molecule has 2 aliphatic rings. The van der Waals surface area contributed by atoms with Gasteiger partial charge in [-0.1, -0.05) is 60.7 Å². The highest BCUT2D eigenvalue weighted by atomic mass is 19.1. The van der Waals surface area contributed by atoms with Crippen LogP contribution in [0.15, 0.2) is 84.9 Å². The van der Waals surface area contributed by atoms with Crippen molar-refractivity contribution >= 4 is 5.91 Å². The number of likely N-dealkylation sites (tertiary alicyclic amines) is 2. The lowest BCUT2D eigenvalue weighted by atomic mass is 9.86. The van der Waals surface area contributed by atoms with Crippen LogP contribution in [0.3, 0.4) is 0 Å². The quantitative estimate of drug-likeness (QED) is 0.516. The van der Waals surface area contributed by atoms with Gasteiger partial charge in [-0.3, -0.25) is 4.79 Å². The van der Waals surface area contributed by atoms with E-state index in [-0.39, 0.29) is 11.7 Å². The monoisotopic (exact) mass is 442 g/mol. The van der Waals surface area contributed by atoms with Crippen molar-refractivity contribution in [2.24, 2.45) is 5.92 Å². The van der Waals surface area contributed by atoms with Crippen LogP contribution < -0.4 is 0 Å². The first-order valence-electron chi connectivity index (χ1n) is 12.0. The van der Waals surface area contributed by atoms with E-state index in [0.717, 1.165) is 26.2 Å². The summed E-state index contributed by atoms with van der Waals surface area (Å²) in [5.41, 5.74) is 3.32. The number of benzene rings is 3. The summed E-state index contributed by atoms with van der Waals surface area (Å²) < 4.78 is 13.3. The second-order valence-corrected chi connectivity index (χ2v) is 9.48. The van der Waals surface area contributed by atoms with Gasteiger partial charge in [0.2, 0.25) is 0 Å². The number of carbonyl (C=O) groups excluding carboxylic acids is 1. The summed E-state index contributed by atoms with van der Waals surface area (Å²) in [6.45, 7) is 4.67. The zero-order chi connectivity index (χ0) is 22.6. The summed E-state index contributed by atoms with van der Waals surface area (Å²) in [5, 5.41) is 0. The van der Waals surface area contributed by atoms with Crippen LogP contribution in [0.25, 0.3) is 0 Å². The molecule has 2 saturated heterocycles. The zero-order valence-electron chi connectivity index (χ0n) is 18.9. The fourth-order valence-electron chi connectivity index (χ4n) is 5.58. The fraction of sp³-hybridized carbons (Fsp3) is 0.345. The van der Waals surface area contributed by atoms with E-state index in [4.69, 9.17) is 0 Å². The molecule has 0 bridgehead atoms. The standard InChI is InChI=1S/C29H31FN2O/c30-27-13-11-25(12-14-27)29(33)32-20-26(28(21-32)24-9-5-2-6-10-24)19-31-17-15-23(16-18-31)22-7-3-1-4-8-22/h1-14,23,26,28H,15-21H2. The Hall–Kier alpha value is -2.98. The van der Waals surface area contributed by atoms with Crippen LogP contribution >= 0.6 is 0 Å². The number of nitrogens with zero attached hydrogens (tertiary/aromatic N) is 2. The van der Waals surface area contributed by atoms with Crippen molar-refractivity contribution in [3.63, 3.8) is 0 Å². The molecular weight excluding hydrogens is 411 g/mol. The molecule has 0 spiro atoms. The summed E-state index contributed by atoms with van der Waals surface area (Å²) in [6.07, 6.45) is 2.37. The van der Waals surface area contributed by atoms with Gasteiger partial charge in [0.25, 0.3) is 5.91 Å². The molecule has 33 heavy (non-hydrogen) atoms. The highest BCUT2D eigenvalue weighted by Gasteiger charge is 2.37. The van der Waals surface area contributed by atoms with Crippen molar-refractivity contribution < 1.29 is 9.18 Å². The first-order chi connectivity index (χ1) is 16.2. The first kappa shape index (κ1) is 21.8. The van der Waals surface area contributed by atoms with E-state index in [1.165, 1.54) is 36.1 Å². The van der Waals surface area contributed by atoms with Crippen LogP contribution in [0.4, 0.5) is 4.39 Å². The Morgan fingerprint density at radius 2 is 1.39 bits per heavy atom. The van der Waals surface area contributed by atoms with Crippen molar-refractivity contribution in [2.45, 2.75) is 24.7 Å². The topological polar surface area (TPSA) is 23.6 Å². The lowest BCUT2D eigenvalue weighted by Crippen LogP contribution is -2.38.